The number of epoxide rings is 1. The molecule has 0 spiro atoms. The van der Waals surface area contributed by atoms with Gasteiger partial charge in [-0.15, -0.1) is 0 Å². The maximum atomic E-state index is 12.6. The molecule has 0 N–H and O–H groups in total. The molecule has 1 aliphatic carbocycles. The second kappa shape index (κ2) is 5.36. The molecule has 0 saturated carbocycles. The zero-order chi connectivity index (χ0) is 15.1. The van der Waals surface area contributed by atoms with Crippen molar-refractivity contribution in [3.05, 3.63) is 70.3 Å². The molecule has 2 aliphatic rings. The lowest BCUT2D eigenvalue weighted by Crippen LogP contribution is -2.11. The highest BCUT2D eigenvalue weighted by Gasteiger charge is 2.46. The molecule has 2 atom stereocenters. The van der Waals surface area contributed by atoms with E-state index in [2.05, 4.69) is 43.3 Å². The van der Waals surface area contributed by atoms with Gasteiger partial charge in [0.05, 0.1) is 0 Å². The highest BCUT2D eigenvalue weighted by atomic mass is 16.6. The van der Waals surface area contributed by atoms with Crippen LogP contribution in [0.15, 0.2) is 42.5 Å². The van der Waals surface area contributed by atoms with Crippen molar-refractivity contribution in [3.63, 3.8) is 0 Å². The fourth-order valence-electron chi connectivity index (χ4n) is 3.37. The van der Waals surface area contributed by atoms with Crippen LogP contribution < -0.4 is 0 Å². The van der Waals surface area contributed by atoms with Gasteiger partial charge in [-0.05, 0) is 55.4 Å². The van der Waals surface area contributed by atoms with Gasteiger partial charge in [-0.1, -0.05) is 42.0 Å². The van der Waals surface area contributed by atoms with Crippen molar-refractivity contribution in [2.75, 3.05) is 0 Å². The largest absolute Gasteiger partial charge is 0.356 e. The Morgan fingerprint density at radius 3 is 2.50 bits per heavy atom. The van der Waals surface area contributed by atoms with Gasteiger partial charge >= 0.3 is 0 Å². The molecule has 0 unspecified atom stereocenters. The Kier molecular flexibility index (Phi) is 3.34. The van der Waals surface area contributed by atoms with Crippen LogP contribution in [0.5, 0.6) is 0 Å². The number of fused-ring (bicyclic) bond motifs is 1. The van der Waals surface area contributed by atoms with E-state index in [0.29, 0.717) is 0 Å². The summed E-state index contributed by atoms with van der Waals surface area (Å²) >= 11 is 0. The summed E-state index contributed by atoms with van der Waals surface area (Å²) in [5.74, 6) is 0.124. The fraction of sp³-hybridized carbons (Fsp3) is 0.350. The van der Waals surface area contributed by atoms with Crippen molar-refractivity contribution >= 4 is 5.78 Å². The van der Waals surface area contributed by atoms with Crippen LogP contribution in [0.4, 0.5) is 0 Å². The van der Waals surface area contributed by atoms with Crippen molar-refractivity contribution in [3.8, 4) is 0 Å². The van der Waals surface area contributed by atoms with E-state index in [-0.39, 0.29) is 18.0 Å². The number of carbonyl (C=O) groups excluding carboxylic acids is 1. The van der Waals surface area contributed by atoms with Gasteiger partial charge in [-0.3, -0.25) is 4.79 Å². The van der Waals surface area contributed by atoms with Gasteiger partial charge in [-0.2, -0.15) is 0 Å². The number of ether oxygens (including phenoxy) is 1. The third-order valence-corrected chi connectivity index (χ3v) is 4.79. The summed E-state index contributed by atoms with van der Waals surface area (Å²) in [5, 5.41) is 0. The molecule has 1 saturated heterocycles. The molecule has 4 rings (SSSR count). The summed E-state index contributed by atoms with van der Waals surface area (Å²) in [7, 11) is 0. The van der Waals surface area contributed by atoms with Crippen LogP contribution in [0, 0.1) is 6.92 Å². The first-order chi connectivity index (χ1) is 10.7. The minimum absolute atomic E-state index is 0.0656. The average molecular weight is 292 g/mol. The standard InChI is InChI=1S/C20H20O2/c1-13-6-8-15(9-7-13)19-20(22-19)18(21)17-11-10-14-4-2-3-5-16(14)12-17/h6-12,19-20H,2-5H2,1H3/t19-,20-/m0/s1. The summed E-state index contributed by atoms with van der Waals surface area (Å²) < 4.78 is 5.65. The predicted molar refractivity (Wildman–Crippen MR) is 86.2 cm³/mol. The second-order valence-electron chi connectivity index (χ2n) is 6.44. The monoisotopic (exact) mass is 292 g/mol. The molecular weight excluding hydrogens is 272 g/mol. The van der Waals surface area contributed by atoms with E-state index in [4.69, 9.17) is 4.74 Å². The van der Waals surface area contributed by atoms with Crippen molar-refractivity contribution in [2.24, 2.45) is 0 Å². The van der Waals surface area contributed by atoms with Gasteiger partial charge in [0.1, 0.15) is 6.10 Å². The molecule has 0 amide bonds. The summed E-state index contributed by atoms with van der Waals surface area (Å²) in [5.41, 5.74) is 5.89. The fourth-order valence-corrected chi connectivity index (χ4v) is 3.37. The first-order valence-corrected chi connectivity index (χ1v) is 8.10. The normalized spacial score (nSPS) is 23.0. The lowest BCUT2D eigenvalue weighted by Gasteiger charge is -2.16. The first kappa shape index (κ1) is 13.7. The summed E-state index contributed by atoms with van der Waals surface area (Å²) in [6, 6.07) is 14.4. The minimum atomic E-state index is -0.302. The van der Waals surface area contributed by atoms with Gasteiger partial charge in [0.25, 0.3) is 0 Å². The number of benzene rings is 2. The van der Waals surface area contributed by atoms with Crippen LogP contribution in [0.1, 0.15) is 51.6 Å². The molecule has 1 fully saturated rings. The Balaban J connectivity index is 1.52. The Labute approximate surface area is 131 Å². The van der Waals surface area contributed by atoms with E-state index in [1.165, 1.54) is 29.5 Å². The van der Waals surface area contributed by atoms with Crippen molar-refractivity contribution < 1.29 is 9.53 Å². The van der Waals surface area contributed by atoms with Crippen LogP contribution in [0.25, 0.3) is 0 Å². The van der Waals surface area contributed by atoms with Gasteiger partial charge in [0, 0.05) is 5.56 Å². The van der Waals surface area contributed by atoms with Gasteiger partial charge in [0.15, 0.2) is 11.9 Å². The molecule has 0 radical (unpaired) electrons. The van der Waals surface area contributed by atoms with Crippen molar-refractivity contribution in [1.82, 2.24) is 0 Å². The lowest BCUT2D eigenvalue weighted by atomic mass is 9.89. The van der Waals surface area contributed by atoms with E-state index >= 15 is 0 Å². The molecule has 1 aliphatic heterocycles. The Bertz CT molecular complexity index is 715. The molecule has 0 bridgehead atoms. The van der Waals surface area contributed by atoms with Gasteiger partial charge < -0.3 is 4.74 Å². The highest BCUT2D eigenvalue weighted by molar-refractivity contribution is 6.01. The minimum Gasteiger partial charge on any atom is -0.356 e. The van der Waals surface area contributed by atoms with Crippen LogP contribution in [-0.2, 0) is 17.6 Å². The molecule has 1 heterocycles. The third-order valence-electron chi connectivity index (χ3n) is 4.79. The maximum Gasteiger partial charge on any atom is 0.194 e. The van der Waals surface area contributed by atoms with Crippen LogP contribution in [0.3, 0.4) is 0 Å². The maximum absolute atomic E-state index is 12.6. The SMILES string of the molecule is Cc1ccc([C@@H]2O[C@H]2C(=O)c2ccc3c(c2)CCCC3)cc1. The van der Waals surface area contributed by atoms with E-state index in [1.807, 2.05) is 6.07 Å². The molecule has 112 valence electrons. The number of ketones is 1. The quantitative estimate of drug-likeness (QED) is 0.627. The van der Waals surface area contributed by atoms with E-state index in [9.17, 15) is 4.79 Å². The number of hydrogen-bond donors (Lipinski definition) is 0. The van der Waals surface area contributed by atoms with Crippen LogP contribution in [-0.4, -0.2) is 11.9 Å². The number of aryl methyl sites for hydroxylation is 3. The number of Topliss-reactive ketones (excluding diaryl/α,β-unsaturated/α-hetero) is 1. The molecule has 0 aromatic heterocycles. The van der Waals surface area contributed by atoms with E-state index in [1.54, 1.807) is 0 Å². The first-order valence-electron chi connectivity index (χ1n) is 8.10. The van der Waals surface area contributed by atoms with Gasteiger partial charge in [0.2, 0.25) is 0 Å². The highest BCUT2D eigenvalue weighted by Crippen LogP contribution is 2.41. The number of hydrogen-bond acceptors (Lipinski definition) is 2. The molecular formula is C20H20O2. The third kappa shape index (κ3) is 2.48. The number of carbonyl (C=O) groups is 1. The van der Waals surface area contributed by atoms with E-state index < -0.39 is 0 Å². The lowest BCUT2D eigenvalue weighted by molar-refractivity contribution is 0.0953. The van der Waals surface area contributed by atoms with Crippen LogP contribution in [0.2, 0.25) is 0 Å². The molecule has 2 aromatic carbocycles. The summed E-state index contributed by atoms with van der Waals surface area (Å²) in [4.78, 5) is 12.6. The average Bonchev–Trinajstić information content (AvgIpc) is 3.35. The predicted octanol–water partition coefficient (Wildman–Crippen LogP) is 4.20. The second-order valence-corrected chi connectivity index (χ2v) is 6.44. The Morgan fingerprint density at radius 2 is 1.73 bits per heavy atom. The molecule has 22 heavy (non-hydrogen) atoms. The molecule has 2 aromatic rings. The molecule has 2 nitrogen and oxygen atoms in total. The van der Waals surface area contributed by atoms with Crippen molar-refractivity contribution in [2.45, 2.75) is 44.8 Å². The molecule has 2 heteroatoms. The smallest absolute Gasteiger partial charge is 0.194 e. The summed E-state index contributed by atoms with van der Waals surface area (Å²) in [6.07, 6.45) is 4.38. The topological polar surface area (TPSA) is 29.6 Å². The Morgan fingerprint density at radius 1 is 1.00 bits per heavy atom. The van der Waals surface area contributed by atoms with E-state index in [0.717, 1.165) is 24.0 Å². The zero-order valence-corrected chi connectivity index (χ0v) is 12.8. The van der Waals surface area contributed by atoms with Crippen molar-refractivity contribution in [1.29, 1.82) is 0 Å². The van der Waals surface area contributed by atoms with Gasteiger partial charge in [-0.25, -0.2) is 0 Å². The Hall–Kier alpha value is -1.93. The summed E-state index contributed by atoms with van der Waals surface area (Å²) in [6.45, 7) is 2.06. The van der Waals surface area contributed by atoms with Crippen LogP contribution >= 0.6 is 0 Å². The zero-order valence-electron chi connectivity index (χ0n) is 12.8. The number of rotatable bonds is 3.